The smallest absolute Gasteiger partial charge is 0.251 e. The van der Waals surface area contributed by atoms with Crippen LogP contribution in [-0.2, 0) is 6.54 Å². The lowest BCUT2D eigenvalue weighted by atomic mass is 10.1. The van der Waals surface area contributed by atoms with Crippen LogP contribution in [0.1, 0.15) is 52.0 Å². The molecule has 2 aromatic carbocycles. The molecule has 0 bridgehead atoms. The van der Waals surface area contributed by atoms with Crippen molar-refractivity contribution in [1.29, 1.82) is 0 Å². The molecule has 0 unspecified atom stereocenters. The molecule has 2 amide bonds. The van der Waals surface area contributed by atoms with E-state index in [9.17, 15) is 9.59 Å². The second-order valence-electron chi connectivity index (χ2n) is 6.53. The highest BCUT2D eigenvalue weighted by Crippen LogP contribution is 2.19. The fraction of sp³-hybridized carbons (Fsp3) is 0.333. The minimum atomic E-state index is -0.216. The summed E-state index contributed by atoms with van der Waals surface area (Å²) < 4.78 is 5.29. The summed E-state index contributed by atoms with van der Waals surface area (Å²) in [4.78, 5) is 24.8. The maximum absolute atomic E-state index is 12.5. The van der Waals surface area contributed by atoms with Gasteiger partial charge in [0.15, 0.2) is 0 Å². The van der Waals surface area contributed by atoms with Gasteiger partial charge in [0.05, 0.1) is 7.11 Å². The topological polar surface area (TPSA) is 67.4 Å². The number of benzene rings is 2. The quantitative estimate of drug-likeness (QED) is 0.838. The van der Waals surface area contributed by atoms with E-state index in [4.69, 9.17) is 4.74 Å². The minimum absolute atomic E-state index is 0.115. The summed E-state index contributed by atoms with van der Waals surface area (Å²) in [6.07, 6.45) is 4.39. The monoisotopic (exact) mass is 352 g/mol. The van der Waals surface area contributed by atoms with E-state index in [2.05, 4.69) is 10.6 Å². The molecule has 0 aromatic heterocycles. The van der Waals surface area contributed by atoms with Crippen molar-refractivity contribution >= 4 is 11.8 Å². The predicted octanol–water partition coefficient (Wildman–Crippen LogP) is 3.30. The van der Waals surface area contributed by atoms with Crippen LogP contribution < -0.4 is 15.4 Å². The zero-order valence-electron chi connectivity index (χ0n) is 15.0. The molecule has 2 aromatic rings. The highest BCUT2D eigenvalue weighted by molar-refractivity contribution is 5.99. The first-order valence-electron chi connectivity index (χ1n) is 8.98. The molecule has 136 valence electrons. The number of hydrogen-bond donors (Lipinski definition) is 2. The second kappa shape index (κ2) is 8.52. The number of rotatable bonds is 6. The van der Waals surface area contributed by atoms with E-state index >= 15 is 0 Å². The number of para-hydroxylation sites is 1. The fourth-order valence-electron chi connectivity index (χ4n) is 3.27. The van der Waals surface area contributed by atoms with Crippen LogP contribution in [0.2, 0.25) is 0 Å². The molecule has 0 spiro atoms. The Labute approximate surface area is 153 Å². The second-order valence-corrected chi connectivity index (χ2v) is 6.53. The summed E-state index contributed by atoms with van der Waals surface area (Å²) >= 11 is 0. The van der Waals surface area contributed by atoms with Crippen molar-refractivity contribution in [2.24, 2.45) is 0 Å². The Kier molecular flexibility index (Phi) is 5.89. The van der Waals surface area contributed by atoms with Crippen molar-refractivity contribution in [2.75, 3.05) is 7.11 Å². The van der Waals surface area contributed by atoms with Crippen LogP contribution in [0.15, 0.2) is 48.5 Å². The zero-order chi connectivity index (χ0) is 18.4. The summed E-state index contributed by atoms with van der Waals surface area (Å²) in [6, 6.07) is 14.6. The van der Waals surface area contributed by atoms with Gasteiger partial charge in [0.2, 0.25) is 0 Å². The number of methoxy groups -OCH3 is 1. The van der Waals surface area contributed by atoms with Crippen molar-refractivity contribution in [3.8, 4) is 5.75 Å². The predicted molar refractivity (Wildman–Crippen MR) is 100 cm³/mol. The Morgan fingerprint density at radius 2 is 1.69 bits per heavy atom. The van der Waals surface area contributed by atoms with Crippen molar-refractivity contribution in [2.45, 2.75) is 38.3 Å². The maximum atomic E-state index is 12.5. The van der Waals surface area contributed by atoms with Gasteiger partial charge in [-0.3, -0.25) is 9.59 Å². The van der Waals surface area contributed by atoms with Gasteiger partial charge in [0.1, 0.15) is 5.75 Å². The van der Waals surface area contributed by atoms with Gasteiger partial charge in [-0.15, -0.1) is 0 Å². The van der Waals surface area contributed by atoms with Crippen molar-refractivity contribution < 1.29 is 14.3 Å². The van der Waals surface area contributed by atoms with Gasteiger partial charge in [0, 0.05) is 29.3 Å². The molecule has 3 rings (SSSR count). The van der Waals surface area contributed by atoms with Crippen LogP contribution in [0.25, 0.3) is 0 Å². The third-order valence-electron chi connectivity index (χ3n) is 4.71. The maximum Gasteiger partial charge on any atom is 0.251 e. The van der Waals surface area contributed by atoms with Crippen LogP contribution in [0, 0.1) is 0 Å². The third-order valence-corrected chi connectivity index (χ3v) is 4.71. The molecule has 0 saturated heterocycles. The van der Waals surface area contributed by atoms with E-state index in [0.717, 1.165) is 37.0 Å². The average molecular weight is 352 g/mol. The molecule has 1 aliphatic carbocycles. The first-order valence-corrected chi connectivity index (χ1v) is 8.98. The molecule has 0 aliphatic heterocycles. The Hall–Kier alpha value is -2.82. The van der Waals surface area contributed by atoms with E-state index < -0.39 is 0 Å². The molecular weight excluding hydrogens is 328 g/mol. The number of ether oxygens (including phenoxy) is 1. The summed E-state index contributed by atoms with van der Waals surface area (Å²) in [5, 5.41) is 5.93. The summed E-state index contributed by atoms with van der Waals surface area (Å²) in [5.74, 6) is 0.403. The highest BCUT2D eigenvalue weighted by Gasteiger charge is 2.18. The van der Waals surface area contributed by atoms with Crippen LogP contribution in [-0.4, -0.2) is 25.0 Å². The van der Waals surface area contributed by atoms with Gasteiger partial charge in [-0.1, -0.05) is 37.1 Å². The lowest BCUT2D eigenvalue weighted by molar-refractivity contribution is 0.0938. The van der Waals surface area contributed by atoms with Crippen molar-refractivity contribution in [3.63, 3.8) is 0 Å². The Bertz CT molecular complexity index is 782. The van der Waals surface area contributed by atoms with Gasteiger partial charge in [-0.05, 0) is 37.1 Å². The van der Waals surface area contributed by atoms with Crippen LogP contribution in [0.3, 0.4) is 0 Å². The van der Waals surface area contributed by atoms with E-state index in [-0.39, 0.29) is 17.9 Å². The Balaban J connectivity index is 1.63. The summed E-state index contributed by atoms with van der Waals surface area (Å²) in [6.45, 7) is 0.362. The highest BCUT2D eigenvalue weighted by atomic mass is 16.5. The summed E-state index contributed by atoms with van der Waals surface area (Å²) in [7, 11) is 1.60. The standard InChI is InChI=1S/C21H24N2O3/c1-26-19-12-5-2-7-17(19)14-22-20(24)15-8-6-9-16(13-15)21(25)23-18-10-3-4-11-18/h2,5-9,12-13,18H,3-4,10-11,14H2,1H3,(H,22,24)(H,23,25). The molecule has 2 N–H and O–H groups in total. The van der Waals surface area contributed by atoms with Crippen LogP contribution in [0.4, 0.5) is 0 Å². The number of carbonyl (C=O) groups excluding carboxylic acids is 2. The SMILES string of the molecule is COc1ccccc1CNC(=O)c1cccc(C(=O)NC2CCCC2)c1. The van der Waals surface area contributed by atoms with Gasteiger partial charge >= 0.3 is 0 Å². The van der Waals surface area contributed by atoms with E-state index in [1.165, 1.54) is 0 Å². The molecule has 1 saturated carbocycles. The molecule has 0 radical (unpaired) electrons. The first kappa shape index (κ1) is 18.0. The van der Waals surface area contributed by atoms with Crippen molar-refractivity contribution in [1.82, 2.24) is 10.6 Å². The summed E-state index contributed by atoms with van der Waals surface area (Å²) in [5.41, 5.74) is 1.89. The number of carbonyl (C=O) groups is 2. The molecular formula is C21H24N2O3. The fourth-order valence-corrected chi connectivity index (χ4v) is 3.27. The van der Waals surface area contributed by atoms with Crippen LogP contribution >= 0.6 is 0 Å². The zero-order valence-corrected chi connectivity index (χ0v) is 15.0. The van der Waals surface area contributed by atoms with Gasteiger partial charge in [-0.2, -0.15) is 0 Å². The molecule has 0 atom stereocenters. The third kappa shape index (κ3) is 4.42. The molecule has 26 heavy (non-hydrogen) atoms. The molecule has 5 nitrogen and oxygen atoms in total. The molecule has 5 heteroatoms. The average Bonchev–Trinajstić information content (AvgIpc) is 3.19. The number of amides is 2. The molecule has 1 fully saturated rings. The Morgan fingerprint density at radius 1 is 1.00 bits per heavy atom. The first-order chi connectivity index (χ1) is 12.7. The number of hydrogen-bond acceptors (Lipinski definition) is 3. The molecule has 1 aliphatic rings. The largest absolute Gasteiger partial charge is 0.496 e. The normalized spacial score (nSPS) is 14.0. The minimum Gasteiger partial charge on any atom is -0.496 e. The van der Waals surface area contributed by atoms with Crippen molar-refractivity contribution in [3.05, 3.63) is 65.2 Å². The lowest BCUT2D eigenvalue weighted by Crippen LogP contribution is -2.32. The van der Waals surface area contributed by atoms with Gasteiger partial charge in [-0.25, -0.2) is 0 Å². The van der Waals surface area contributed by atoms with E-state index in [1.807, 2.05) is 24.3 Å². The molecule has 0 heterocycles. The van der Waals surface area contributed by atoms with E-state index in [1.54, 1.807) is 31.4 Å². The van der Waals surface area contributed by atoms with E-state index in [0.29, 0.717) is 17.7 Å². The van der Waals surface area contributed by atoms with Gasteiger partial charge in [0.25, 0.3) is 11.8 Å². The van der Waals surface area contributed by atoms with Crippen LogP contribution in [0.5, 0.6) is 5.75 Å². The Morgan fingerprint density at radius 3 is 2.42 bits per heavy atom. The van der Waals surface area contributed by atoms with Gasteiger partial charge < -0.3 is 15.4 Å². The lowest BCUT2D eigenvalue weighted by Gasteiger charge is -2.13. The number of nitrogens with one attached hydrogen (secondary N) is 2.